The van der Waals surface area contributed by atoms with Crippen molar-refractivity contribution in [3.05, 3.63) is 84.7 Å². The molecular formula is C20H19N3O2. The molecule has 0 aliphatic heterocycles. The third kappa shape index (κ3) is 4.81. The molecule has 3 rings (SSSR count). The van der Waals surface area contributed by atoms with Crippen LogP contribution in [-0.4, -0.2) is 23.0 Å². The quantitative estimate of drug-likeness (QED) is 0.746. The van der Waals surface area contributed by atoms with Crippen molar-refractivity contribution in [2.24, 2.45) is 0 Å². The van der Waals surface area contributed by atoms with Gasteiger partial charge < -0.3 is 15.0 Å². The van der Waals surface area contributed by atoms with E-state index in [9.17, 15) is 4.79 Å². The maximum absolute atomic E-state index is 12.2. The van der Waals surface area contributed by atoms with E-state index in [1.807, 2.05) is 72.8 Å². The predicted molar refractivity (Wildman–Crippen MR) is 97.7 cm³/mol. The Morgan fingerprint density at radius 3 is 2.32 bits per heavy atom. The Labute approximate surface area is 146 Å². The lowest BCUT2D eigenvalue weighted by Gasteiger charge is -2.17. The molecule has 5 heteroatoms. The number of aromatic nitrogens is 1. The van der Waals surface area contributed by atoms with E-state index in [0.29, 0.717) is 18.0 Å². The number of urea groups is 1. The number of carbonyl (C=O) groups is 1. The molecule has 0 spiro atoms. The second-order valence-corrected chi connectivity index (χ2v) is 5.55. The largest absolute Gasteiger partial charge is 0.457 e. The first-order valence-corrected chi connectivity index (χ1v) is 7.96. The van der Waals surface area contributed by atoms with Crippen molar-refractivity contribution in [2.75, 3.05) is 12.4 Å². The van der Waals surface area contributed by atoms with Gasteiger partial charge in [0.05, 0.1) is 12.2 Å². The van der Waals surface area contributed by atoms with Crippen LogP contribution >= 0.6 is 0 Å². The minimum absolute atomic E-state index is 0.192. The Kier molecular flexibility index (Phi) is 5.26. The van der Waals surface area contributed by atoms with Gasteiger partial charge in [0.1, 0.15) is 11.5 Å². The number of benzene rings is 2. The van der Waals surface area contributed by atoms with E-state index in [1.54, 1.807) is 18.1 Å². The Hall–Kier alpha value is -3.34. The molecule has 0 aliphatic rings. The fraction of sp³-hybridized carbons (Fsp3) is 0.100. The van der Waals surface area contributed by atoms with Crippen molar-refractivity contribution >= 4 is 11.7 Å². The van der Waals surface area contributed by atoms with Crippen LogP contribution in [0.3, 0.4) is 0 Å². The monoisotopic (exact) mass is 333 g/mol. The normalized spacial score (nSPS) is 10.1. The van der Waals surface area contributed by atoms with Gasteiger partial charge in [-0.05, 0) is 48.5 Å². The number of hydrogen-bond donors (Lipinski definition) is 1. The lowest BCUT2D eigenvalue weighted by atomic mass is 10.3. The van der Waals surface area contributed by atoms with Crippen LogP contribution in [-0.2, 0) is 6.54 Å². The van der Waals surface area contributed by atoms with Gasteiger partial charge in [0.2, 0.25) is 0 Å². The van der Waals surface area contributed by atoms with E-state index in [0.717, 1.165) is 11.4 Å². The van der Waals surface area contributed by atoms with Crippen molar-refractivity contribution < 1.29 is 9.53 Å². The SMILES string of the molecule is CN(Cc1ccccn1)C(=O)Nc1ccc(Oc2ccccc2)cc1. The van der Waals surface area contributed by atoms with Crippen LogP contribution in [0, 0.1) is 0 Å². The van der Waals surface area contributed by atoms with Crippen molar-refractivity contribution in [3.63, 3.8) is 0 Å². The minimum atomic E-state index is -0.192. The summed E-state index contributed by atoms with van der Waals surface area (Å²) >= 11 is 0. The number of nitrogens with one attached hydrogen (secondary N) is 1. The number of carbonyl (C=O) groups excluding carboxylic acids is 1. The van der Waals surface area contributed by atoms with Crippen LogP contribution < -0.4 is 10.1 Å². The molecule has 0 bridgehead atoms. The Morgan fingerprint density at radius 1 is 0.960 bits per heavy atom. The summed E-state index contributed by atoms with van der Waals surface area (Å²) in [6.45, 7) is 0.446. The van der Waals surface area contributed by atoms with E-state index in [4.69, 9.17) is 4.74 Å². The lowest BCUT2D eigenvalue weighted by Crippen LogP contribution is -2.31. The number of nitrogens with zero attached hydrogens (tertiary/aromatic N) is 2. The second kappa shape index (κ2) is 7.97. The van der Waals surface area contributed by atoms with Gasteiger partial charge in [0, 0.05) is 18.9 Å². The summed E-state index contributed by atoms with van der Waals surface area (Å²) in [5, 5.41) is 2.86. The molecule has 1 heterocycles. The molecular weight excluding hydrogens is 314 g/mol. The number of rotatable bonds is 5. The molecule has 0 radical (unpaired) electrons. The van der Waals surface area contributed by atoms with Gasteiger partial charge in [0.25, 0.3) is 0 Å². The van der Waals surface area contributed by atoms with E-state index < -0.39 is 0 Å². The highest BCUT2D eigenvalue weighted by molar-refractivity contribution is 5.89. The highest BCUT2D eigenvalue weighted by Crippen LogP contribution is 2.22. The van der Waals surface area contributed by atoms with Crippen molar-refractivity contribution in [2.45, 2.75) is 6.54 Å². The third-order valence-electron chi connectivity index (χ3n) is 3.56. The Balaban J connectivity index is 1.56. The molecule has 0 aliphatic carbocycles. The summed E-state index contributed by atoms with van der Waals surface area (Å²) in [6, 6.07) is 22.3. The molecule has 0 fully saturated rings. The minimum Gasteiger partial charge on any atom is -0.457 e. The van der Waals surface area contributed by atoms with Crippen molar-refractivity contribution in [3.8, 4) is 11.5 Å². The smallest absolute Gasteiger partial charge is 0.321 e. The van der Waals surface area contributed by atoms with Crippen LogP contribution in [0.4, 0.5) is 10.5 Å². The first-order valence-electron chi connectivity index (χ1n) is 7.96. The summed E-state index contributed by atoms with van der Waals surface area (Å²) in [5.74, 6) is 1.49. The van der Waals surface area contributed by atoms with E-state index in [2.05, 4.69) is 10.3 Å². The maximum atomic E-state index is 12.2. The zero-order valence-corrected chi connectivity index (χ0v) is 13.9. The first-order chi connectivity index (χ1) is 12.2. The van der Waals surface area contributed by atoms with Crippen LogP contribution in [0.2, 0.25) is 0 Å². The highest BCUT2D eigenvalue weighted by Gasteiger charge is 2.10. The van der Waals surface area contributed by atoms with Gasteiger partial charge in [-0.2, -0.15) is 0 Å². The number of amides is 2. The molecule has 5 nitrogen and oxygen atoms in total. The van der Waals surface area contributed by atoms with Crippen LogP contribution in [0.15, 0.2) is 79.0 Å². The number of para-hydroxylation sites is 1. The maximum Gasteiger partial charge on any atom is 0.321 e. The van der Waals surface area contributed by atoms with E-state index in [-0.39, 0.29) is 6.03 Å². The molecule has 0 saturated carbocycles. The van der Waals surface area contributed by atoms with Gasteiger partial charge in [-0.15, -0.1) is 0 Å². The standard InChI is InChI=1S/C20H19N3O2/c1-23(15-17-7-5-6-14-21-17)20(24)22-16-10-12-19(13-11-16)25-18-8-3-2-4-9-18/h2-14H,15H2,1H3,(H,22,24). The fourth-order valence-electron chi connectivity index (χ4n) is 2.26. The van der Waals surface area contributed by atoms with Crippen molar-refractivity contribution in [1.82, 2.24) is 9.88 Å². The van der Waals surface area contributed by atoms with Gasteiger partial charge in [-0.1, -0.05) is 24.3 Å². The van der Waals surface area contributed by atoms with Crippen LogP contribution in [0.1, 0.15) is 5.69 Å². The molecule has 0 atom stereocenters. The zero-order chi connectivity index (χ0) is 17.5. The molecule has 2 amide bonds. The molecule has 0 unspecified atom stereocenters. The van der Waals surface area contributed by atoms with Gasteiger partial charge >= 0.3 is 6.03 Å². The second-order valence-electron chi connectivity index (χ2n) is 5.55. The van der Waals surface area contributed by atoms with Gasteiger partial charge in [0.15, 0.2) is 0 Å². The summed E-state index contributed by atoms with van der Waals surface area (Å²) in [6.07, 6.45) is 1.71. The molecule has 3 aromatic rings. The zero-order valence-electron chi connectivity index (χ0n) is 13.9. The number of pyridine rings is 1. The topological polar surface area (TPSA) is 54.5 Å². The van der Waals surface area contributed by atoms with E-state index >= 15 is 0 Å². The predicted octanol–water partition coefficient (Wildman–Crippen LogP) is 4.54. The average molecular weight is 333 g/mol. The summed E-state index contributed by atoms with van der Waals surface area (Å²) in [5.41, 5.74) is 1.55. The highest BCUT2D eigenvalue weighted by atomic mass is 16.5. The molecule has 2 aromatic carbocycles. The molecule has 1 N–H and O–H groups in total. The first kappa shape index (κ1) is 16.5. The number of hydrogen-bond acceptors (Lipinski definition) is 3. The van der Waals surface area contributed by atoms with Crippen LogP contribution in [0.25, 0.3) is 0 Å². The van der Waals surface area contributed by atoms with Crippen LogP contribution in [0.5, 0.6) is 11.5 Å². The van der Waals surface area contributed by atoms with Crippen molar-refractivity contribution in [1.29, 1.82) is 0 Å². The summed E-state index contributed by atoms with van der Waals surface area (Å²) in [4.78, 5) is 18.1. The van der Waals surface area contributed by atoms with Gasteiger partial charge in [-0.3, -0.25) is 4.98 Å². The van der Waals surface area contributed by atoms with Gasteiger partial charge in [-0.25, -0.2) is 4.79 Å². The molecule has 0 saturated heterocycles. The Morgan fingerprint density at radius 2 is 1.64 bits per heavy atom. The third-order valence-corrected chi connectivity index (χ3v) is 3.56. The number of anilines is 1. The molecule has 126 valence electrons. The molecule has 25 heavy (non-hydrogen) atoms. The van der Waals surface area contributed by atoms with E-state index in [1.165, 1.54) is 0 Å². The summed E-state index contributed by atoms with van der Waals surface area (Å²) in [7, 11) is 1.73. The Bertz CT molecular complexity index is 805. The fourth-order valence-corrected chi connectivity index (χ4v) is 2.26. The summed E-state index contributed by atoms with van der Waals surface area (Å²) < 4.78 is 5.73. The molecule has 1 aromatic heterocycles. The average Bonchev–Trinajstić information content (AvgIpc) is 2.65. The number of ether oxygens (including phenoxy) is 1. The lowest BCUT2D eigenvalue weighted by molar-refractivity contribution is 0.220.